The summed E-state index contributed by atoms with van der Waals surface area (Å²) < 4.78 is 25.6. The van der Waals surface area contributed by atoms with Crippen LogP contribution in [0.3, 0.4) is 0 Å². The van der Waals surface area contributed by atoms with E-state index >= 15 is 0 Å². The van der Waals surface area contributed by atoms with Crippen molar-refractivity contribution >= 4 is 39.2 Å². The van der Waals surface area contributed by atoms with Gasteiger partial charge >= 0.3 is 5.97 Å². The summed E-state index contributed by atoms with van der Waals surface area (Å²) in [4.78, 5) is 10.6. The van der Waals surface area contributed by atoms with Crippen LogP contribution >= 0.6 is 23.2 Å². The number of carboxylic acids is 1. The van der Waals surface area contributed by atoms with Crippen LogP contribution in [-0.2, 0) is 10.0 Å². The largest absolute Gasteiger partial charge is 0.478 e. The SMILES string of the molecule is O=C(O)c1ccc(Cl)c(S(=O)(=O)N2CCC2)c1Cl. The predicted octanol–water partition coefficient (Wildman–Crippen LogP) is 2.09. The molecule has 0 saturated carbocycles. The van der Waals surface area contributed by atoms with Crippen molar-refractivity contribution in [2.24, 2.45) is 0 Å². The molecule has 1 saturated heterocycles. The van der Waals surface area contributed by atoms with Gasteiger partial charge in [0.25, 0.3) is 0 Å². The Morgan fingerprint density at radius 3 is 2.33 bits per heavy atom. The summed E-state index contributed by atoms with van der Waals surface area (Å²) in [5.74, 6) is -1.29. The first-order chi connectivity index (χ1) is 8.35. The Morgan fingerprint density at radius 2 is 1.89 bits per heavy atom. The van der Waals surface area contributed by atoms with Crippen LogP contribution in [0.4, 0.5) is 0 Å². The molecule has 0 aromatic heterocycles. The van der Waals surface area contributed by atoms with Crippen molar-refractivity contribution in [1.29, 1.82) is 0 Å². The van der Waals surface area contributed by atoms with Gasteiger partial charge in [-0.1, -0.05) is 23.2 Å². The molecule has 0 bridgehead atoms. The summed E-state index contributed by atoms with van der Waals surface area (Å²) in [7, 11) is -3.81. The highest BCUT2D eigenvalue weighted by molar-refractivity contribution is 7.89. The van der Waals surface area contributed by atoms with Crippen LogP contribution in [0.1, 0.15) is 16.8 Å². The standard InChI is InChI=1S/C10H9Cl2NO4S/c11-7-3-2-6(10(14)15)8(12)9(7)18(16,17)13-4-1-5-13/h2-3H,1,4-5H2,(H,14,15). The lowest BCUT2D eigenvalue weighted by Gasteiger charge is -2.30. The topological polar surface area (TPSA) is 74.7 Å². The van der Waals surface area contributed by atoms with Crippen LogP contribution in [0.25, 0.3) is 0 Å². The normalized spacial score (nSPS) is 16.3. The summed E-state index contributed by atoms with van der Waals surface area (Å²) in [6.07, 6.45) is 0.771. The average Bonchev–Trinajstić information content (AvgIpc) is 2.12. The smallest absolute Gasteiger partial charge is 0.337 e. The first kappa shape index (κ1) is 13.6. The van der Waals surface area contributed by atoms with Gasteiger partial charge in [-0.2, -0.15) is 4.31 Å². The number of benzene rings is 1. The minimum atomic E-state index is -3.81. The highest BCUT2D eigenvalue weighted by Crippen LogP contribution is 2.35. The number of rotatable bonds is 3. The summed E-state index contributed by atoms with van der Waals surface area (Å²) in [6.45, 7) is 0.790. The zero-order chi connectivity index (χ0) is 13.5. The van der Waals surface area contributed by atoms with Crippen LogP contribution in [0.5, 0.6) is 0 Å². The number of halogens is 2. The van der Waals surface area contributed by atoms with Gasteiger partial charge in [-0.15, -0.1) is 0 Å². The summed E-state index contributed by atoms with van der Waals surface area (Å²) >= 11 is 11.7. The Morgan fingerprint density at radius 1 is 1.28 bits per heavy atom. The molecule has 1 aromatic rings. The van der Waals surface area contributed by atoms with Gasteiger partial charge in [0.1, 0.15) is 4.90 Å². The van der Waals surface area contributed by atoms with Crippen molar-refractivity contribution in [2.75, 3.05) is 13.1 Å². The molecule has 1 N–H and O–H groups in total. The first-order valence-corrected chi connectivity index (χ1v) is 7.26. The van der Waals surface area contributed by atoms with Crippen molar-refractivity contribution in [3.63, 3.8) is 0 Å². The molecule has 98 valence electrons. The van der Waals surface area contributed by atoms with Crippen LogP contribution in [0.15, 0.2) is 17.0 Å². The lowest BCUT2D eigenvalue weighted by molar-refractivity contribution is 0.0697. The van der Waals surface area contributed by atoms with Gasteiger partial charge in [-0.25, -0.2) is 13.2 Å². The van der Waals surface area contributed by atoms with E-state index in [1.807, 2.05) is 0 Å². The Bertz CT molecular complexity index is 611. The maximum Gasteiger partial charge on any atom is 0.337 e. The van der Waals surface area contributed by atoms with Crippen molar-refractivity contribution < 1.29 is 18.3 Å². The van der Waals surface area contributed by atoms with Crippen LogP contribution in [0, 0.1) is 0 Å². The molecule has 0 unspecified atom stereocenters. The fourth-order valence-corrected chi connectivity index (χ4v) is 4.28. The van der Waals surface area contributed by atoms with Crippen molar-refractivity contribution in [3.05, 3.63) is 27.7 Å². The van der Waals surface area contributed by atoms with Crippen LogP contribution in [0.2, 0.25) is 10.0 Å². The van der Waals surface area contributed by atoms with Crippen LogP contribution < -0.4 is 0 Å². The number of hydrogen-bond acceptors (Lipinski definition) is 3. The molecule has 8 heteroatoms. The number of carbonyl (C=O) groups is 1. The number of aromatic carboxylic acids is 1. The van der Waals surface area contributed by atoms with E-state index in [0.717, 1.165) is 6.42 Å². The summed E-state index contributed by atoms with van der Waals surface area (Å²) in [5.41, 5.74) is -0.278. The number of nitrogens with zero attached hydrogens (tertiary/aromatic N) is 1. The van der Waals surface area contributed by atoms with E-state index in [4.69, 9.17) is 28.3 Å². The molecule has 5 nitrogen and oxygen atoms in total. The molecule has 0 spiro atoms. The van der Waals surface area contributed by atoms with Crippen molar-refractivity contribution in [2.45, 2.75) is 11.3 Å². The Balaban J connectivity index is 2.63. The van der Waals surface area contributed by atoms with E-state index in [9.17, 15) is 13.2 Å². The molecule has 1 aliphatic rings. The van der Waals surface area contributed by atoms with Crippen molar-refractivity contribution in [3.8, 4) is 0 Å². The van der Waals surface area contributed by atoms with E-state index in [1.165, 1.54) is 16.4 Å². The Kier molecular flexibility index (Phi) is 3.55. The number of carboxylic acid groups (broad SMARTS) is 1. The van der Waals surface area contributed by atoms with Crippen molar-refractivity contribution in [1.82, 2.24) is 4.31 Å². The molecule has 0 radical (unpaired) electrons. The second-order valence-corrected chi connectivity index (χ2v) is 6.46. The van der Waals surface area contributed by atoms with Gasteiger partial charge in [-0.05, 0) is 18.6 Å². The van der Waals surface area contributed by atoms with Gasteiger partial charge in [0.2, 0.25) is 10.0 Å². The van der Waals surface area contributed by atoms with Gasteiger partial charge in [0.15, 0.2) is 0 Å². The Hall–Kier alpha value is -0.820. The lowest BCUT2D eigenvalue weighted by Crippen LogP contribution is -2.42. The van der Waals surface area contributed by atoms with E-state index < -0.39 is 16.0 Å². The molecule has 0 atom stereocenters. The summed E-state index contributed by atoms with van der Waals surface area (Å²) in [5, 5.41) is 8.50. The molecule has 1 heterocycles. The van der Waals surface area contributed by atoms with E-state index in [0.29, 0.717) is 13.1 Å². The maximum absolute atomic E-state index is 12.2. The highest BCUT2D eigenvalue weighted by Gasteiger charge is 2.34. The molecular formula is C10H9Cl2NO4S. The Labute approximate surface area is 114 Å². The van der Waals surface area contributed by atoms with Gasteiger partial charge in [0, 0.05) is 13.1 Å². The minimum Gasteiger partial charge on any atom is -0.478 e. The molecular weight excluding hydrogens is 301 g/mol. The summed E-state index contributed by atoms with van der Waals surface area (Å²) in [6, 6.07) is 2.41. The van der Waals surface area contributed by atoms with Gasteiger partial charge in [0.05, 0.1) is 15.6 Å². The molecule has 0 aliphatic carbocycles. The minimum absolute atomic E-state index is 0.0723. The van der Waals surface area contributed by atoms with E-state index in [2.05, 4.69) is 0 Å². The third-order valence-electron chi connectivity index (χ3n) is 2.69. The average molecular weight is 310 g/mol. The molecule has 0 amide bonds. The zero-order valence-corrected chi connectivity index (χ0v) is 11.4. The first-order valence-electron chi connectivity index (χ1n) is 5.07. The maximum atomic E-state index is 12.2. The molecule has 1 fully saturated rings. The molecule has 2 rings (SSSR count). The lowest BCUT2D eigenvalue weighted by atomic mass is 10.2. The van der Waals surface area contributed by atoms with Crippen LogP contribution in [-0.4, -0.2) is 36.9 Å². The quantitative estimate of drug-likeness (QED) is 0.927. The van der Waals surface area contributed by atoms with E-state index in [-0.39, 0.29) is 20.5 Å². The van der Waals surface area contributed by atoms with E-state index in [1.54, 1.807) is 0 Å². The highest BCUT2D eigenvalue weighted by atomic mass is 35.5. The zero-order valence-electron chi connectivity index (χ0n) is 9.06. The molecule has 18 heavy (non-hydrogen) atoms. The predicted molar refractivity (Wildman–Crippen MR) is 66.8 cm³/mol. The third kappa shape index (κ3) is 2.09. The number of hydrogen-bond donors (Lipinski definition) is 1. The third-order valence-corrected chi connectivity index (χ3v) is 5.61. The fraction of sp³-hybridized carbons (Fsp3) is 0.300. The number of sulfonamides is 1. The monoisotopic (exact) mass is 309 g/mol. The second kappa shape index (κ2) is 4.70. The molecule has 1 aromatic carbocycles. The molecule has 1 aliphatic heterocycles. The van der Waals surface area contributed by atoms with Gasteiger partial charge in [-0.3, -0.25) is 0 Å². The second-order valence-electron chi connectivity index (χ2n) is 3.80. The van der Waals surface area contributed by atoms with Gasteiger partial charge < -0.3 is 5.11 Å². The fourth-order valence-electron chi connectivity index (χ4n) is 1.59.